The highest BCUT2D eigenvalue weighted by Crippen LogP contribution is 2.21. The van der Waals surface area contributed by atoms with Crippen LogP contribution in [-0.2, 0) is 6.54 Å². The van der Waals surface area contributed by atoms with E-state index in [1.165, 1.54) is 0 Å². The van der Waals surface area contributed by atoms with Crippen molar-refractivity contribution in [2.75, 3.05) is 6.54 Å². The molecule has 0 radical (unpaired) electrons. The van der Waals surface area contributed by atoms with Gasteiger partial charge in [-0.2, -0.15) is 4.98 Å². The minimum Gasteiger partial charge on any atom is -0.459 e. The Bertz CT molecular complexity index is 433. The van der Waals surface area contributed by atoms with Crippen LogP contribution in [0, 0.1) is 6.92 Å². The first-order chi connectivity index (χ1) is 7.31. The predicted octanol–water partition coefficient (Wildman–Crippen LogP) is 1.75. The zero-order valence-electron chi connectivity index (χ0n) is 8.78. The Morgan fingerprint density at radius 1 is 1.47 bits per heavy atom. The number of nitrogens with one attached hydrogen (secondary N) is 1. The Morgan fingerprint density at radius 2 is 2.33 bits per heavy atom. The Labute approximate surface area is 87.5 Å². The lowest BCUT2D eigenvalue weighted by Gasteiger charge is -1.92. The highest BCUT2D eigenvalue weighted by atomic mass is 16.5. The van der Waals surface area contributed by atoms with E-state index >= 15 is 0 Å². The van der Waals surface area contributed by atoms with Gasteiger partial charge in [-0.15, -0.1) is 0 Å². The number of nitrogens with zero attached hydrogens (tertiary/aromatic N) is 2. The van der Waals surface area contributed by atoms with Gasteiger partial charge in [-0.05, 0) is 19.5 Å². The Morgan fingerprint density at radius 3 is 3.00 bits per heavy atom. The summed E-state index contributed by atoms with van der Waals surface area (Å²) in [6.07, 6.45) is 1.61. The third kappa shape index (κ3) is 2.07. The largest absolute Gasteiger partial charge is 0.459 e. The van der Waals surface area contributed by atoms with E-state index in [-0.39, 0.29) is 0 Å². The maximum atomic E-state index is 5.25. The lowest BCUT2D eigenvalue weighted by Crippen LogP contribution is -2.12. The monoisotopic (exact) mass is 207 g/mol. The molecule has 0 aliphatic carbocycles. The summed E-state index contributed by atoms with van der Waals surface area (Å²) >= 11 is 0. The van der Waals surface area contributed by atoms with Gasteiger partial charge in [0.1, 0.15) is 0 Å². The van der Waals surface area contributed by atoms with Crippen molar-refractivity contribution in [2.45, 2.75) is 20.4 Å². The Hall–Kier alpha value is -1.62. The van der Waals surface area contributed by atoms with E-state index in [9.17, 15) is 0 Å². The van der Waals surface area contributed by atoms with Gasteiger partial charge in [0.15, 0.2) is 11.6 Å². The van der Waals surface area contributed by atoms with E-state index < -0.39 is 0 Å². The van der Waals surface area contributed by atoms with Crippen molar-refractivity contribution in [3.8, 4) is 11.7 Å². The van der Waals surface area contributed by atoms with Crippen LogP contribution >= 0.6 is 0 Å². The van der Waals surface area contributed by atoms with Gasteiger partial charge in [-0.3, -0.25) is 0 Å². The normalized spacial score (nSPS) is 10.8. The summed E-state index contributed by atoms with van der Waals surface area (Å²) in [7, 11) is 0. The number of hydrogen-bond donors (Lipinski definition) is 1. The second-order valence-corrected chi connectivity index (χ2v) is 3.23. The summed E-state index contributed by atoms with van der Waals surface area (Å²) < 4.78 is 10.3. The zero-order chi connectivity index (χ0) is 10.7. The molecule has 1 N–H and O–H groups in total. The van der Waals surface area contributed by atoms with Gasteiger partial charge < -0.3 is 14.3 Å². The fourth-order valence-corrected chi connectivity index (χ4v) is 1.25. The molecule has 0 spiro atoms. The van der Waals surface area contributed by atoms with Gasteiger partial charge in [0.2, 0.25) is 0 Å². The lowest BCUT2D eigenvalue weighted by atomic mass is 10.3. The first-order valence-electron chi connectivity index (χ1n) is 4.89. The molecule has 0 aliphatic rings. The molecule has 80 valence electrons. The highest BCUT2D eigenvalue weighted by Gasteiger charge is 2.13. The van der Waals surface area contributed by atoms with Crippen LogP contribution in [0.15, 0.2) is 21.3 Å². The van der Waals surface area contributed by atoms with Gasteiger partial charge in [0, 0.05) is 5.56 Å². The van der Waals surface area contributed by atoms with Crippen LogP contribution in [0.25, 0.3) is 11.7 Å². The molecule has 5 heteroatoms. The van der Waals surface area contributed by atoms with E-state index in [1.807, 2.05) is 19.9 Å². The minimum absolute atomic E-state index is 0.436. The van der Waals surface area contributed by atoms with Crippen molar-refractivity contribution in [2.24, 2.45) is 0 Å². The number of aryl methyl sites for hydroxylation is 1. The molecule has 5 nitrogen and oxygen atoms in total. The van der Waals surface area contributed by atoms with E-state index in [0.717, 1.165) is 12.1 Å². The van der Waals surface area contributed by atoms with Crippen LogP contribution in [0.3, 0.4) is 0 Å². The third-order valence-corrected chi connectivity index (χ3v) is 2.06. The summed E-state index contributed by atoms with van der Waals surface area (Å²) in [5.74, 6) is 1.72. The van der Waals surface area contributed by atoms with Crippen LogP contribution < -0.4 is 5.32 Å². The molecule has 0 aromatic carbocycles. The second kappa shape index (κ2) is 4.27. The molecule has 0 atom stereocenters. The number of aromatic nitrogens is 2. The first-order valence-corrected chi connectivity index (χ1v) is 4.89. The van der Waals surface area contributed by atoms with Crippen molar-refractivity contribution in [1.29, 1.82) is 0 Å². The fraction of sp³-hybridized carbons (Fsp3) is 0.400. The van der Waals surface area contributed by atoms with Crippen molar-refractivity contribution in [3.63, 3.8) is 0 Å². The Kier molecular flexibility index (Phi) is 2.82. The van der Waals surface area contributed by atoms with Crippen molar-refractivity contribution in [1.82, 2.24) is 15.5 Å². The van der Waals surface area contributed by atoms with Gasteiger partial charge in [-0.25, -0.2) is 0 Å². The Balaban J connectivity index is 2.17. The summed E-state index contributed by atoms with van der Waals surface area (Å²) in [6, 6.07) is 1.86. The third-order valence-electron chi connectivity index (χ3n) is 2.06. The summed E-state index contributed by atoms with van der Waals surface area (Å²) in [5, 5.41) is 6.96. The second-order valence-electron chi connectivity index (χ2n) is 3.23. The lowest BCUT2D eigenvalue weighted by molar-refractivity contribution is 0.406. The van der Waals surface area contributed by atoms with Gasteiger partial charge >= 0.3 is 0 Å². The molecule has 0 unspecified atom stereocenters. The molecule has 2 heterocycles. The molecule has 0 saturated carbocycles. The summed E-state index contributed by atoms with van der Waals surface area (Å²) in [5.41, 5.74) is 0.994. The standard InChI is InChI=1S/C10H13N3O2/c1-3-11-6-8-12-10(15-13-8)9-7(2)4-5-14-9/h4-5,11H,3,6H2,1-2H3. The van der Waals surface area contributed by atoms with Crippen LogP contribution in [0.4, 0.5) is 0 Å². The van der Waals surface area contributed by atoms with Gasteiger partial charge in [0.25, 0.3) is 5.89 Å². The summed E-state index contributed by atoms with van der Waals surface area (Å²) in [6.45, 7) is 5.45. The van der Waals surface area contributed by atoms with E-state index in [0.29, 0.717) is 24.0 Å². The SMILES string of the molecule is CCNCc1noc(-c2occc2C)n1. The average Bonchev–Trinajstić information content (AvgIpc) is 2.83. The van der Waals surface area contributed by atoms with E-state index in [2.05, 4.69) is 15.5 Å². The van der Waals surface area contributed by atoms with Crippen molar-refractivity contribution in [3.05, 3.63) is 23.7 Å². The molecule has 2 rings (SSSR count). The molecule has 0 amide bonds. The highest BCUT2D eigenvalue weighted by molar-refractivity contribution is 5.49. The zero-order valence-corrected chi connectivity index (χ0v) is 8.78. The number of furan rings is 1. The van der Waals surface area contributed by atoms with Crippen LogP contribution in [0.2, 0.25) is 0 Å². The molecule has 0 saturated heterocycles. The van der Waals surface area contributed by atoms with Crippen molar-refractivity contribution >= 4 is 0 Å². The summed E-state index contributed by atoms with van der Waals surface area (Å²) in [4.78, 5) is 4.22. The molecule has 0 fully saturated rings. The first kappa shape index (κ1) is 9.92. The average molecular weight is 207 g/mol. The maximum Gasteiger partial charge on any atom is 0.293 e. The molecule has 2 aromatic heterocycles. The topological polar surface area (TPSA) is 64.1 Å². The molecular weight excluding hydrogens is 194 g/mol. The minimum atomic E-state index is 0.436. The maximum absolute atomic E-state index is 5.25. The molecule has 2 aromatic rings. The van der Waals surface area contributed by atoms with Gasteiger partial charge in [0.05, 0.1) is 12.8 Å². The fourth-order valence-electron chi connectivity index (χ4n) is 1.25. The van der Waals surface area contributed by atoms with Gasteiger partial charge in [-0.1, -0.05) is 12.1 Å². The predicted molar refractivity (Wildman–Crippen MR) is 54.1 cm³/mol. The van der Waals surface area contributed by atoms with Crippen LogP contribution in [0.5, 0.6) is 0 Å². The van der Waals surface area contributed by atoms with E-state index in [1.54, 1.807) is 6.26 Å². The molecular formula is C10H13N3O2. The number of hydrogen-bond acceptors (Lipinski definition) is 5. The molecule has 0 bridgehead atoms. The molecule has 15 heavy (non-hydrogen) atoms. The van der Waals surface area contributed by atoms with E-state index in [4.69, 9.17) is 8.94 Å². The molecule has 0 aliphatic heterocycles. The quantitative estimate of drug-likeness (QED) is 0.827. The smallest absolute Gasteiger partial charge is 0.293 e. The van der Waals surface area contributed by atoms with Crippen LogP contribution in [-0.4, -0.2) is 16.7 Å². The van der Waals surface area contributed by atoms with Crippen LogP contribution in [0.1, 0.15) is 18.3 Å². The van der Waals surface area contributed by atoms with Crippen molar-refractivity contribution < 1.29 is 8.94 Å². The number of rotatable bonds is 4.